The number of hydrogen-bond donors (Lipinski definition) is 1. The standard InChI is InChI=1S/C11H25O5P/c1-10(2)5-6-15-17(12,13)16-8-7-14-9-11(3)4/h10-11H,5-9H2,1-4H3,(H,12,13). The molecule has 0 aliphatic rings. The predicted molar refractivity (Wildman–Crippen MR) is 66.8 cm³/mol. The van der Waals surface area contributed by atoms with E-state index in [0.717, 1.165) is 6.42 Å². The van der Waals surface area contributed by atoms with Crippen LogP contribution in [0, 0.1) is 11.8 Å². The van der Waals surface area contributed by atoms with Gasteiger partial charge in [0.2, 0.25) is 0 Å². The maximum atomic E-state index is 11.3. The van der Waals surface area contributed by atoms with Crippen molar-refractivity contribution >= 4 is 7.82 Å². The molecule has 0 saturated heterocycles. The number of ether oxygens (including phenoxy) is 1. The summed E-state index contributed by atoms with van der Waals surface area (Å²) in [5.74, 6) is 0.877. The van der Waals surface area contributed by atoms with E-state index >= 15 is 0 Å². The number of phosphoric ester groups is 1. The van der Waals surface area contributed by atoms with E-state index < -0.39 is 7.82 Å². The van der Waals surface area contributed by atoms with Crippen molar-refractivity contribution in [2.75, 3.05) is 26.4 Å². The summed E-state index contributed by atoms with van der Waals surface area (Å²) in [6.45, 7) is 9.34. The lowest BCUT2D eigenvalue weighted by Gasteiger charge is -2.13. The summed E-state index contributed by atoms with van der Waals surface area (Å²) in [6, 6.07) is 0. The van der Waals surface area contributed by atoms with Crippen molar-refractivity contribution in [3.63, 3.8) is 0 Å². The summed E-state index contributed by atoms with van der Waals surface area (Å²) in [6.07, 6.45) is 0.734. The molecular formula is C11H25O5P. The van der Waals surface area contributed by atoms with Crippen LogP contribution in [0.1, 0.15) is 34.1 Å². The van der Waals surface area contributed by atoms with Gasteiger partial charge < -0.3 is 9.63 Å². The van der Waals surface area contributed by atoms with E-state index in [0.29, 0.717) is 25.0 Å². The van der Waals surface area contributed by atoms with Crippen LogP contribution >= 0.6 is 7.82 Å². The summed E-state index contributed by atoms with van der Waals surface area (Å²) in [4.78, 5) is 9.29. The Labute approximate surface area is 104 Å². The molecule has 17 heavy (non-hydrogen) atoms. The largest absolute Gasteiger partial charge is 0.472 e. The maximum Gasteiger partial charge on any atom is 0.472 e. The fourth-order valence-electron chi connectivity index (χ4n) is 0.972. The van der Waals surface area contributed by atoms with Gasteiger partial charge in [0.25, 0.3) is 0 Å². The molecule has 6 heteroatoms. The summed E-state index contributed by atoms with van der Waals surface area (Å²) >= 11 is 0. The van der Waals surface area contributed by atoms with E-state index in [1.165, 1.54) is 0 Å². The highest BCUT2D eigenvalue weighted by Crippen LogP contribution is 2.43. The van der Waals surface area contributed by atoms with Crippen molar-refractivity contribution < 1.29 is 23.2 Å². The molecule has 0 spiro atoms. The molecule has 0 rings (SSSR count). The van der Waals surface area contributed by atoms with Crippen LogP contribution in [-0.4, -0.2) is 31.3 Å². The molecule has 0 radical (unpaired) electrons. The van der Waals surface area contributed by atoms with E-state index in [4.69, 9.17) is 13.8 Å². The van der Waals surface area contributed by atoms with Gasteiger partial charge in [0.05, 0.1) is 19.8 Å². The van der Waals surface area contributed by atoms with Crippen LogP contribution in [0.15, 0.2) is 0 Å². The molecule has 0 bridgehead atoms. The van der Waals surface area contributed by atoms with Gasteiger partial charge in [-0.1, -0.05) is 27.7 Å². The molecule has 0 amide bonds. The zero-order valence-electron chi connectivity index (χ0n) is 11.2. The average molecular weight is 268 g/mol. The molecule has 0 aromatic heterocycles. The molecule has 1 N–H and O–H groups in total. The third-order valence-electron chi connectivity index (χ3n) is 1.88. The molecular weight excluding hydrogens is 243 g/mol. The number of rotatable bonds is 10. The second-order valence-electron chi connectivity index (χ2n) is 4.79. The highest BCUT2D eigenvalue weighted by molar-refractivity contribution is 7.47. The second kappa shape index (κ2) is 9.06. The monoisotopic (exact) mass is 268 g/mol. The highest BCUT2D eigenvalue weighted by atomic mass is 31.2. The molecule has 5 nitrogen and oxygen atoms in total. The van der Waals surface area contributed by atoms with Crippen molar-refractivity contribution in [1.29, 1.82) is 0 Å². The van der Waals surface area contributed by atoms with Gasteiger partial charge in [0.15, 0.2) is 0 Å². The van der Waals surface area contributed by atoms with Gasteiger partial charge in [-0.3, -0.25) is 9.05 Å². The molecule has 0 saturated carbocycles. The Bertz CT molecular complexity index is 230. The lowest BCUT2D eigenvalue weighted by molar-refractivity contribution is 0.0634. The summed E-state index contributed by atoms with van der Waals surface area (Å²) in [7, 11) is -3.89. The first-order valence-corrected chi connectivity index (χ1v) is 7.52. The fraction of sp³-hybridized carbons (Fsp3) is 1.00. The van der Waals surface area contributed by atoms with Gasteiger partial charge in [-0.2, -0.15) is 0 Å². The second-order valence-corrected chi connectivity index (χ2v) is 6.24. The lowest BCUT2D eigenvalue weighted by atomic mass is 10.2. The summed E-state index contributed by atoms with van der Waals surface area (Å²) in [5, 5.41) is 0. The topological polar surface area (TPSA) is 65.0 Å². The zero-order chi connectivity index (χ0) is 13.3. The number of phosphoric acid groups is 1. The number of hydrogen-bond acceptors (Lipinski definition) is 4. The van der Waals surface area contributed by atoms with E-state index in [1.807, 2.05) is 27.7 Å². The van der Waals surface area contributed by atoms with Crippen molar-refractivity contribution in [2.45, 2.75) is 34.1 Å². The molecule has 1 unspecified atom stereocenters. The van der Waals surface area contributed by atoms with Crippen molar-refractivity contribution in [3.05, 3.63) is 0 Å². The Hall–Kier alpha value is 0.0700. The van der Waals surface area contributed by atoms with Crippen LogP contribution < -0.4 is 0 Å². The molecule has 0 heterocycles. The first kappa shape index (κ1) is 17.1. The third-order valence-corrected chi connectivity index (χ3v) is 2.90. The van der Waals surface area contributed by atoms with Crippen molar-refractivity contribution in [1.82, 2.24) is 0 Å². The first-order valence-electron chi connectivity index (χ1n) is 6.03. The quantitative estimate of drug-likeness (QED) is 0.487. The first-order chi connectivity index (χ1) is 7.83. The summed E-state index contributed by atoms with van der Waals surface area (Å²) < 4.78 is 26.1. The SMILES string of the molecule is CC(C)CCOP(=O)(O)OCCOCC(C)C. The predicted octanol–water partition coefficient (Wildman–Crippen LogP) is 2.84. The van der Waals surface area contributed by atoms with Crippen molar-refractivity contribution in [2.24, 2.45) is 11.8 Å². The Balaban J connectivity index is 3.53. The average Bonchev–Trinajstić information content (AvgIpc) is 2.15. The van der Waals surface area contributed by atoms with Crippen LogP contribution in [0.3, 0.4) is 0 Å². The van der Waals surface area contributed by atoms with E-state index in [9.17, 15) is 9.46 Å². The normalized spacial score (nSPS) is 15.5. The molecule has 0 aliphatic heterocycles. The minimum Gasteiger partial charge on any atom is -0.379 e. The van der Waals surface area contributed by atoms with Gasteiger partial charge in [0.1, 0.15) is 0 Å². The van der Waals surface area contributed by atoms with Gasteiger partial charge >= 0.3 is 7.82 Å². The molecule has 104 valence electrons. The van der Waals surface area contributed by atoms with Gasteiger partial charge in [-0.05, 0) is 18.3 Å². The fourth-order valence-corrected chi connectivity index (χ4v) is 1.69. The molecule has 0 aliphatic carbocycles. The Morgan fingerprint density at radius 1 is 1.00 bits per heavy atom. The van der Waals surface area contributed by atoms with Gasteiger partial charge in [0, 0.05) is 6.61 Å². The Kier molecular flexibility index (Phi) is 9.10. The minimum atomic E-state index is -3.89. The highest BCUT2D eigenvalue weighted by Gasteiger charge is 2.20. The molecule has 0 aromatic rings. The molecule has 1 atom stereocenters. The Morgan fingerprint density at radius 2 is 1.59 bits per heavy atom. The van der Waals surface area contributed by atoms with Crippen LogP contribution in [0.4, 0.5) is 0 Å². The maximum absolute atomic E-state index is 11.3. The van der Waals surface area contributed by atoms with Crippen LogP contribution in [0.2, 0.25) is 0 Å². The molecule has 0 fully saturated rings. The van der Waals surface area contributed by atoms with Gasteiger partial charge in [-0.25, -0.2) is 4.57 Å². The van der Waals surface area contributed by atoms with Gasteiger partial charge in [-0.15, -0.1) is 0 Å². The minimum absolute atomic E-state index is 0.0716. The van der Waals surface area contributed by atoms with Crippen LogP contribution in [-0.2, 0) is 18.3 Å². The third kappa shape index (κ3) is 12.3. The van der Waals surface area contributed by atoms with E-state index in [-0.39, 0.29) is 13.2 Å². The lowest BCUT2D eigenvalue weighted by Crippen LogP contribution is -2.08. The van der Waals surface area contributed by atoms with Crippen LogP contribution in [0.5, 0.6) is 0 Å². The van der Waals surface area contributed by atoms with Crippen molar-refractivity contribution in [3.8, 4) is 0 Å². The van der Waals surface area contributed by atoms with E-state index in [1.54, 1.807) is 0 Å². The summed E-state index contributed by atoms with van der Waals surface area (Å²) in [5.41, 5.74) is 0. The van der Waals surface area contributed by atoms with Crippen LogP contribution in [0.25, 0.3) is 0 Å². The smallest absolute Gasteiger partial charge is 0.379 e. The van der Waals surface area contributed by atoms with E-state index in [2.05, 4.69) is 0 Å². The Morgan fingerprint density at radius 3 is 2.12 bits per heavy atom. The molecule has 0 aromatic carbocycles. The zero-order valence-corrected chi connectivity index (χ0v) is 12.1.